The van der Waals surface area contributed by atoms with Crippen LogP contribution in [0.1, 0.15) is 36.4 Å². The van der Waals surface area contributed by atoms with E-state index in [4.69, 9.17) is 19.6 Å². The Bertz CT molecular complexity index is 1320. The second-order valence-electron chi connectivity index (χ2n) is 8.35. The molecule has 4 rings (SSSR count). The van der Waals surface area contributed by atoms with Crippen LogP contribution in [0.25, 0.3) is 16.9 Å². The number of nitrogens with one attached hydrogen (secondary N) is 1. The first-order chi connectivity index (χ1) is 17.0. The first-order valence-electron chi connectivity index (χ1n) is 12.1. The molecular formula is C28H32N4O3. The van der Waals surface area contributed by atoms with E-state index in [0.29, 0.717) is 26.2 Å². The summed E-state index contributed by atoms with van der Waals surface area (Å²) in [6, 6.07) is 17.9. The highest BCUT2D eigenvalue weighted by molar-refractivity contribution is 5.79. The summed E-state index contributed by atoms with van der Waals surface area (Å²) < 4.78 is 13.2. The largest absolute Gasteiger partial charge is 0.490 e. The SMILES string of the molecule is CCOc1ccc(CCNC(=O)Cc2c(C)nc3cc(-c4ccccc4)nn3c2C)cc1OCC. The van der Waals surface area contributed by atoms with Crippen molar-refractivity contribution in [2.45, 2.75) is 40.5 Å². The van der Waals surface area contributed by atoms with Gasteiger partial charge in [-0.25, -0.2) is 9.50 Å². The zero-order valence-electron chi connectivity index (χ0n) is 20.8. The Hall–Kier alpha value is -3.87. The summed E-state index contributed by atoms with van der Waals surface area (Å²) in [6.07, 6.45) is 0.960. The predicted molar refractivity (Wildman–Crippen MR) is 137 cm³/mol. The van der Waals surface area contributed by atoms with E-state index >= 15 is 0 Å². The number of rotatable bonds is 10. The molecule has 7 heteroatoms. The van der Waals surface area contributed by atoms with E-state index in [9.17, 15) is 4.79 Å². The molecule has 2 heterocycles. The minimum Gasteiger partial charge on any atom is -0.490 e. The lowest BCUT2D eigenvalue weighted by molar-refractivity contribution is -0.120. The molecule has 0 spiro atoms. The fourth-order valence-electron chi connectivity index (χ4n) is 4.15. The topological polar surface area (TPSA) is 77.8 Å². The summed E-state index contributed by atoms with van der Waals surface area (Å²) in [7, 11) is 0. The number of amides is 1. The van der Waals surface area contributed by atoms with Gasteiger partial charge in [-0.2, -0.15) is 5.10 Å². The molecule has 0 aliphatic rings. The maximum Gasteiger partial charge on any atom is 0.224 e. The Morgan fingerprint density at radius 1 is 0.971 bits per heavy atom. The molecule has 0 fully saturated rings. The molecule has 1 N–H and O–H groups in total. The van der Waals surface area contributed by atoms with Gasteiger partial charge >= 0.3 is 0 Å². The van der Waals surface area contributed by atoms with Crippen molar-refractivity contribution in [3.05, 3.63) is 77.1 Å². The number of aromatic nitrogens is 3. The third kappa shape index (κ3) is 5.62. The van der Waals surface area contributed by atoms with Gasteiger partial charge in [0, 0.05) is 35.1 Å². The number of fused-ring (bicyclic) bond motifs is 1. The van der Waals surface area contributed by atoms with E-state index < -0.39 is 0 Å². The van der Waals surface area contributed by atoms with E-state index in [-0.39, 0.29) is 12.3 Å². The smallest absolute Gasteiger partial charge is 0.224 e. The molecule has 35 heavy (non-hydrogen) atoms. The Labute approximate surface area is 206 Å². The third-order valence-corrected chi connectivity index (χ3v) is 5.91. The van der Waals surface area contributed by atoms with Gasteiger partial charge in [0.15, 0.2) is 17.1 Å². The highest BCUT2D eigenvalue weighted by Gasteiger charge is 2.16. The van der Waals surface area contributed by atoms with Crippen LogP contribution in [0.15, 0.2) is 54.6 Å². The van der Waals surface area contributed by atoms with E-state index in [1.54, 1.807) is 0 Å². The van der Waals surface area contributed by atoms with Gasteiger partial charge in [0.2, 0.25) is 5.91 Å². The van der Waals surface area contributed by atoms with E-state index in [1.165, 1.54) is 0 Å². The monoisotopic (exact) mass is 472 g/mol. The molecule has 4 aromatic rings. The van der Waals surface area contributed by atoms with Crippen molar-refractivity contribution < 1.29 is 14.3 Å². The van der Waals surface area contributed by atoms with Gasteiger partial charge in [-0.05, 0) is 51.8 Å². The Balaban J connectivity index is 1.42. The molecule has 0 radical (unpaired) electrons. The second kappa shape index (κ2) is 11.0. The van der Waals surface area contributed by atoms with Crippen molar-refractivity contribution in [1.29, 1.82) is 0 Å². The fraction of sp³-hybridized carbons (Fsp3) is 0.321. The van der Waals surface area contributed by atoms with Gasteiger partial charge in [-0.15, -0.1) is 0 Å². The van der Waals surface area contributed by atoms with Crippen molar-refractivity contribution in [3.8, 4) is 22.8 Å². The fourth-order valence-corrected chi connectivity index (χ4v) is 4.15. The van der Waals surface area contributed by atoms with Gasteiger partial charge < -0.3 is 14.8 Å². The lowest BCUT2D eigenvalue weighted by atomic mass is 10.1. The van der Waals surface area contributed by atoms with E-state index in [1.807, 2.05) is 86.8 Å². The van der Waals surface area contributed by atoms with E-state index in [2.05, 4.69) is 5.32 Å². The number of nitrogens with zero attached hydrogens (tertiary/aromatic N) is 3. The molecule has 0 unspecified atom stereocenters. The van der Waals surface area contributed by atoms with Crippen molar-refractivity contribution in [2.24, 2.45) is 0 Å². The van der Waals surface area contributed by atoms with Crippen LogP contribution in [0.4, 0.5) is 0 Å². The lowest BCUT2D eigenvalue weighted by Crippen LogP contribution is -2.28. The minimum atomic E-state index is -0.0382. The molecule has 0 aliphatic carbocycles. The quantitative estimate of drug-likeness (QED) is 0.362. The summed E-state index contributed by atoms with van der Waals surface area (Å²) in [5.74, 6) is 1.44. The maximum absolute atomic E-state index is 12.8. The number of carbonyl (C=O) groups excluding carboxylic acids is 1. The van der Waals surface area contributed by atoms with Crippen LogP contribution in [0.3, 0.4) is 0 Å². The van der Waals surface area contributed by atoms with Crippen LogP contribution in [-0.2, 0) is 17.6 Å². The van der Waals surface area contributed by atoms with Crippen LogP contribution in [0.5, 0.6) is 11.5 Å². The first-order valence-corrected chi connectivity index (χ1v) is 12.1. The highest BCUT2D eigenvalue weighted by atomic mass is 16.5. The molecule has 2 aromatic carbocycles. The third-order valence-electron chi connectivity index (χ3n) is 5.91. The molecule has 0 bridgehead atoms. The van der Waals surface area contributed by atoms with Crippen LogP contribution in [0.2, 0.25) is 0 Å². The number of hydrogen-bond acceptors (Lipinski definition) is 5. The average Bonchev–Trinajstić information content (AvgIpc) is 3.28. The zero-order chi connectivity index (χ0) is 24.8. The normalized spacial score (nSPS) is 11.0. The molecule has 0 saturated carbocycles. The number of benzene rings is 2. The summed E-state index contributed by atoms with van der Waals surface area (Å²) in [4.78, 5) is 17.5. The van der Waals surface area contributed by atoms with E-state index in [0.717, 1.165) is 50.9 Å². The predicted octanol–water partition coefficient (Wildman–Crippen LogP) is 4.71. The average molecular weight is 473 g/mol. The van der Waals surface area contributed by atoms with Crippen molar-refractivity contribution in [3.63, 3.8) is 0 Å². The van der Waals surface area contributed by atoms with Gasteiger partial charge in [0.05, 0.1) is 25.3 Å². The molecular weight excluding hydrogens is 440 g/mol. The van der Waals surface area contributed by atoms with Crippen molar-refractivity contribution >= 4 is 11.6 Å². The van der Waals surface area contributed by atoms with Gasteiger partial charge in [0.1, 0.15) is 0 Å². The highest BCUT2D eigenvalue weighted by Crippen LogP contribution is 2.28. The number of hydrogen-bond donors (Lipinski definition) is 1. The number of ether oxygens (including phenoxy) is 2. The number of aryl methyl sites for hydroxylation is 2. The zero-order valence-corrected chi connectivity index (χ0v) is 20.8. The van der Waals surface area contributed by atoms with Gasteiger partial charge in [-0.1, -0.05) is 36.4 Å². The first kappa shape index (κ1) is 24.3. The standard InChI is InChI=1S/C28H32N4O3/c1-5-34-25-13-12-21(16-26(25)35-6-2)14-15-29-28(33)17-23-19(3)30-27-18-24(31-32(27)20(23)4)22-10-8-7-9-11-22/h7-13,16,18H,5-6,14-15,17H2,1-4H3,(H,29,33). The summed E-state index contributed by atoms with van der Waals surface area (Å²) in [6.45, 7) is 9.52. The number of carbonyl (C=O) groups is 1. The minimum absolute atomic E-state index is 0.0382. The summed E-state index contributed by atoms with van der Waals surface area (Å²) >= 11 is 0. The van der Waals surface area contributed by atoms with Crippen LogP contribution in [0, 0.1) is 13.8 Å². The lowest BCUT2D eigenvalue weighted by Gasteiger charge is -2.13. The summed E-state index contributed by atoms with van der Waals surface area (Å²) in [5, 5.41) is 7.77. The Kier molecular flexibility index (Phi) is 7.65. The molecule has 2 aromatic heterocycles. The molecule has 1 amide bonds. The molecule has 0 saturated heterocycles. The van der Waals surface area contributed by atoms with Gasteiger partial charge in [-0.3, -0.25) is 4.79 Å². The molecule has 0 aliphatic heterocycles. The molecule has 7 nitrogen and oxygen atoms in total. The maximum atomic E-state index is 12.8. The molecule has 0 atom stereocenters. The Morgan fingerprint density at radius 2 is 1.71 bits per heavy atom. The van der Waals surface area contributed by atoms with Crippen LogP contribution >= 0.6 is 0 Å². The summed E-state index contributed by atoms with van der Waals surface area (Å²) in [5.41, 5.74) is 6.44. The second-order valence-corrected chi connectivity index (χ2v) is 8.35. The Morgan fingerprint density at radius 3 is 2.46 bits per heavy atom. The van der Waals surface area contributed by atoms with Crippen molar-refractivity contribution in [2.75, 3.05) is 19.8 Å². The van der Waals surface area contributed by atoms with Crippen LogP contribution in [-0.4, -0.2) is 40.3 Å². The van der Waals surface area contributed by atoms with Gasteiger partial charge in [0.25, 0.3) is 0 Å². The molecule has 182 valence electrons. The van der Waals surface area contributed by atoms with Crippen LogP contribution < -0.4 is 14.8 Å². The van der Waals surface area contributed by atoms with Crippen molar-refractivity contribution in [1.82, 2.24) is 19.9 Å².